The van der Waals surface area contributed by atoms with Crippen molar-refractivity contribution in [3.05, 3.63) is 0 Å². The second kappa shape index (κ2) is 2.33. The lowest BCUT2D eigenvalue weighted by atomic mass is 10.1. The molecule has 2 nitrogen and oxygen atoms in total. The van der Waals surface area contributed by atoms with Gasteiger partial charge in [-0.15, -0.1) is 0 Å². The highest BCUT2D eigenvalue weighted by Crippen LogP contribution is 1.94. The first-order valence-electron chi connectivity index (χ1n) is 1.98. The SMILES string of the molecule is C[C@@](N)(C=O)CS. The van der Waals surface area contributed by atoms with Gasteiger partial charge in [0.05, 0.1) is 5.54 Å². The molecule has 0 radical (unpaired) electrons. The molecule has 1 atom stereocenters. The Bertz CT molecular complexity index is 72.1. The molecule has 0 heterocycles. The van der Waals surface area contributed by atoms with E-state index in [1.165, 1.54) is 0 Å². The molecule has 0 aliphatic rings. The van der Waals surface area contributed by atoms with Gasteiger partial charge < -0.3 is 10.5 Å². The molecule has 0 bridgehead atoms. The zero-order valence-electron chi connectivity index (χ0n) is 4.22. The number of thiol groups is 1. The van der Waals surface area contributed by atoms with Crippen LogP contribution in [0.25, 0.3) is 0 Å². The maximum Gasteiger partial charge on any atom is 0.140 e. The number of rotatable bonds is 2. The van der Waals surface area contributed by atoms with Crippen LogP contribution in [0.3, 0.4) is 0 Å². The zero-order valence-corrected chi connectivity index (χ0v) is 5.11. The van der Waals surface area contributed by atoms with Gasteiger partial charge in [-0.1, -0.05) is 0 Å². The van der Waals surface area contributed by atoms with Gasteiger partial charge in [-0.3, -0.25) is 0 Å². The standard InChI is InChI=1S/C4H9NOS/c1-4(5,2-6)3-7/h2,7H,3,5H2,1H3/t4-/m1/s1. The van der Waals surface area contributed by atoms with E-state index in [0.29, 0.717) is 12.0 Å². The van der Waals surface area contributed by atoms with Gasteiger partial charge in [0, 0.05) is 5.75 Å². The minimum atomic E-state index is -0.733. The molecule has 0 aliphatic heterocycles. The first-order valence-corrected chi connectivity index (χ1v) is 2.62. The van der Waals surface area contributed by atoms with Gasteiger partial charge in [-0.05, 0) is 6.92 Å². The maximum atomic E-state index is 9.88. The Hall–Kier alpha value is -0.0200. The summed E-state index contributed by atoms with van der Waals surface area (Å²) < 4.78 is 0. The van der Waals surface area contributed by atoms with Gasteiger partial charge in [0.25, 0.3) is 0 Å². The summed E-state index contributed by atoms with van der Waals surface area (Å²) >= 11 is 3.82. The lowest BCUT2D eigenvalue weighted by molar-refractivity contribution is -0.111. The molecule has 0 aromatic carbocycles. The van der Waals surface area contributed by atoms with Crippen molar-refractivity contribution in [1.82, 2.24) is 0 Å². The molecule has 42 valence electrons. The first kappa shape index (κ1) is 6.98. The van der Waals surface area contributed by atoms with Crippen molar-refractivity contribution in [3.8, 4) is 0 Å². The molecule has 0 amide bonds. The normalized spacial score (nSPS) is 18.1. The van der Waals surface area contributed by atoms with Crippen LogP contribution in [0.4, 0.5) is 0 Å². The van der Waals surface area contributed by atoms with Crippen LogP contribution in [0.1, 0.15) is 6.92 Å². The third-order valence-corrected chi connectivity index (χ3v) is 1.29. The number of carbonyl (C=O) groups is 1. The number of hydrogen-bond acceptors (Lipinski definition) is 3. The topological polar surface area (TPSA) is 43.1 Å². The Morgan fingerprint density at radius 3 is 2.43 bits per heavy atom. The van der Waals surface area contributed by atoms with Crippen molar-refractivity contribution in [3.63, 3.8) is 0 Å². The van der Waals surface area contributed by atoms with E-state index >= 15 is 0 Å². The molecule has 7 heavy (non-hydrogen) atoms. The maximum absolute atomic E-state index is 9.88. The molecule has 0 rings (SSSR count). The van der Waals surface area contributed by atoms with E-state index in [9.17, 15) is 4.79 Å². The molecule has 0 unspecified atom stereocenters. The molecule has 0 aromatic rings. The fraction of sp³-hybridized carbons (Fsp3) is 0.750. The first-order chi connectivity index (χ1) is 3.12. The van der Waals surface area contributed by atoms with Crippen LogP contribution in [-0.2, 0) is 4.79 Å². The van der Waals surface area contributed by atoms with Crippen molar-refractivity contribution in [1.29, 1.82) is 0 Å². The fourth-order valence-corrected chi connectivity index (χ4v) is 0.112. The minimum absolute atomic E-state index is 0.399. The summed E-state index contributed by atoms with van der Waals surface area (Å²) in [6.07, 6.45) is 0.694. The monoisotopic (exact) mass is 119 g/mol. The van der Waals surface area contributed by atoms with Crippen LogP contribution in [-0.4, -0.2) is 17.6 Å². The lowest BCUT2D eigenvalue weighted by Crippen LogP contribution is -2.39. The molecule has 0 spiro atoms. The number of carbonyl (C=O) groups excluding carboxylic acids is 1. The number of nitrogens with two attached hydrogens (primary N) is 1. The molecular formula is C4H9NOS. The molecule has 0 saturated heterocycles. The summed E-state index contributed by atoms with van der Waals surface area (Å²) in [6, 6.07) is 0. The third kappa shape index (κ3) is 2.65. The molecule has 0 aromatic heterocycles. The van der Waals surface area contributed by atoms with Gasteiger partial charge in [0.15, 0.2) is 0 Å². The largest absolute Gasteiger partial charge is 0.319 e. The van der Waals surface area contributed by atoms with E-state index in [2.05, 4.69) is 12.6 Å². The predicted molar refractivity (Wildman–Crippen MR) is 32.5 cm³/mol. The minimum Gasteiger partial charge on any atom is -0.319 e. The second-order valence-corrected chi connectivity index (χ2v) is 2.10. The Labute approximate surface area is 48.5 Å². The average Bonchev–Trinajstić information content (AvgIpc) is 1.68. The molecule has 0 saturated carbocycles. The van der Waals surface area contributed by atoms with Gasteiger partial charge in [-0.2, -0.15) is 12.6 Å². The van der Waals surface area contributed by atoms with Crippen molar-refractivity contribution in [2.75, 3.05) is 5.75 Å². The molecule has 0 aliphatic carbocycles. The summed E-state index contributed by atoms with van der Waals surface area (Å²) in [7, 11) is 0. The predicted octanol–water partition coefficient (Wildman–Crippen LogP) is -0.167. The lowest BCUT2D eigenvalue weighted by Gasteiger charge is -2.10. The Kier molecular flexibility index (Phi) is 2.32. The molecule has 2 N–H and O–H groups in total. The van der Waals surface area contributed by atoms with Crippen LogP contribution in [0.5, 0.6) is 0 Å². The number of aldehydes is 1. The van der Waals surface area contributed by atoms with Crippen molar-refractivity contribution < 1.29 is 4.79 Å². The van der Waals surface area contributed by atoms with E-state index in [1.54, 1.807) is 6.92 Å². The van der Waals surface area contributed by atoms with E-state index < -0.39 is 5.54 Å². The van der Waals surface area contributed by atoms with Gasteiger partial charge in [0.1, 0.15) is 6.29 Å². The summed E-state index contributed by atoms with van der Waals surface area (Å²) in [6.45, 7) is 1.63. The second-order valence-electron chi connectivity index (χ2n) is 1.78. The smallest absolute Gasteiger partial charge is 0.140 e. The Balaban J connectivity index is 3.58. The highest BCUT2D eigenvalue weighted by molar-refractivity contribution is 7.80. The molecular weight excluding hydrogens is 110 g/mol. The van der Waals surface area contributed by atoms with Gasteiger partial charge in [0.2, 0.25) is 0 Å². The van der Waals surface area contributed by atoms with Crippen LogP contribution in [0.2, 0.25) is 0 Å². The van der Waals surface area contributed by atoms with Crippen LogP contribution < -0.4 is 5.73 Å². The van der Waals surface area contributed by atoms with Crippen LogP contribution in [0.15, 0.2) is 0 Å². The average molecular weight is 119 g/mol. The van der Waals surface area contributed by atoms with Crippen LogP contribution in [0, 0.1) is 0 Å². The van der Waals surface area contributed by atoms with Crippen molar-refractivity contribution in [2.45, 2.75) is 12.5 Å². The van der Waals surface area contributed by atoms with E-state index in [4.69, 9.17) is 5.73 Å². The fourth-order valence-electron chi connectivity index (χ4n) is 0.0373. The van der Waals surface area contributed by atoms with E-state index in [0.717, 1.165) is 0 Å². The van der Waals surface area contributed by atoms with Crippen molar-refractivity contribution >= 4 is 18.9 Å². The summed E-state index contributed by atoms with van der Waals surface area (Å²) in [5.41, 5.74) is 4.54. The summed E-state index contributed by atoms with van der Waals surface area (Å²) in [4.78, 5) is 9.88. The summed E-state index contributed by atoms with van der Waals surface area (Å²) in [5.74, 6) is 0.399. The van der Waals surface area contributed by atoms with Crippen molar-refractivity contribution in [2.24, 2.45) is 5.73 Å². The Morgan fingerprint density at radius 2 is 2.43 bits per heavy atom. The van der Waals surface area contributed by atoms with E-state index in [1.807, 2.05) is 0 Å². The number of hydrogen-bond donors (Lipinski definition) is 2. The van der Waals surface area contributed by atoms with E-state index in [-0.39, 0.29) is 0 Å². The quantitative estimate of drug-likeness (QED) is 0.391. The zero-order chi connectivity index (χ0) is 5.91. The molecule has 3 heteroatoms. The van der Waals surface area contributed by atoms with Gasteiger partial charge >= 0.3 is 0 Å². The Morgan fingerprint density at radius 1 is 2.00 bits per heavy atom. The highest BCUT2D eigenvalue weighted by atomic mass is 32.1. The highest BCUT2D eigenvalue weighted by Gasteiger charge is 2.12. The van der Waals surface area contributed by atoms with Crippen LogP contribution >= 0.6 is 12.6 Å². The third-order valence-electron chi connectivity index (χ3n) is 0.610. The summed E-state index contributed by atoms with van der Waals surface area (Å²) in [5, 5.41) is 0. The molecule has 0 fully saturated rings. The van der Waals surface area contributed by atoms with Gasteiger partial charge in [-0.25, -0.2) is 0 Å².